The number of carbonyl (C=O) groups is 1. The van der Waals surface area contributed by atoms with Gasteiger partial charge in [-0.05, 0) is 61.2 Å². The van der Waals surface area contributed by atoms with Gasteiger partial charge in [-0.2, -0.15) is 8.78 Å². The van der Waals surface area contributed by atoms with Gasteiger partial charge in [0, 0.05) is 13.1 Å². The molecule has 2 aliphatic rings. The van der Waals surface area contributed by atoms with Crippen molar-refractivity contribution in [2.45, 2.75) is 53.6 Å². The highest BCUT2D eigenvalue weighted by Crippen LogP contribution is 2.47. The molecule has 34 heavy (non-hydrogen) atoms. The Morgan fingerprint density at radius 3 is 2.41 bits per heavy atom. The van der Waals surface area contributed by atoms with Gasteiger partial charge in [-0.1, -0.05) is 39.8 Å². The van der Waals surface area contributed by atoms with E-state index < -0.39 is 16.6 Å². The lowest BCUT2D eigenvalue weighted by Crippen LogP contribution is -2.56. The predicted octanol–water partition coefficient (Wildman–Crippen LogP) is 4.03. The molecule has 0 aliphatic carbocycles. The summed E-state index contributed by atoms with van der Waals surface area (Å²) in [6.45, 7) is 7.69. The normalized spacial score (nSPS) is 21.2. The summed E-state index contributed by atoms with van der Waals surface area (Å²) in [7, 11) is -3.32. The van der Waals surface area contributed by atoms with Gasteiger partial charge in [0.05, 0.1) is 18.0 Å². The molecule has 192 valence electrons. The Labute approximate surface area is 201 Å². The standard InChI is InChI=1S/C24H37F2N3O4S/c1-18(2)14-34(31,32)29-16-23(3,4)15-24(17-29)9-11-28(12-10-24)13-21(30)27-19-7-5-6-8-20(19)33-22(25)26/h5-8,18,22H,9-17H2,1-4H3,(H,27,30). The first-order valence-electron chi connectivity index (χ1n) is 11.8. The van der Waals surface area contributed by atoms with Crippen molar-refractivity contribution in [2.75, 3.05) is 43.8 Å². The molecule has 1 aromatic rings. The topological polar surface area (TPSA) is 79.0 Å². The van der Waals surface area contributed by atoms with Crippen LogP contribution in [0, 0.1) is 16.7 Å². The largest absolute Gasteiger partial charge is 0.433 e. The van der Waals surface area contributed by atoms with Crippen molar-refractivity contribution in [1.82, 2.24) is 9.21 Å². The molecular formula is C24H37F2N3O4S. The van der Waals surface area contributed by atoms with E-state index >= 15 is 0 Å². The van der Waals surface area contributed by atoms with Crippen LogP contribution in [0.5, 0.6) is 5.75 Å². The summed E-state index contributed by atoms with van der Waals surface area (Å²) in [6, 6.07) is 6.11. The first-order chi connectivity index (χ1) is 15.8. The van der Waals surface area contributed by atoms with Crippen LogP contribution < -0.4 is 10.1 Å². The number of likely N-dealkylation sites (tertiary alicyclic amines) is 1. The van der Waals surface area contributed by atoms with E-state index in [1.54, 1.807) is 16.4 Å². The summed E-state index contributed by atoms with van der Waals surface area (Å²) < 4.78 is 57.4. The van der Waals surface area contributed by atoms with E-state index in [4.69, 9.17) is 0 Å². The van der Waals surface area contributed by atoms with Crippen LogP contribution in [0.1, 0.15) is 47.0 Å². The molecule has 2 heterocycles. The molecule has 0 unspecified atom stereocenters. The summed E-state index contributed by atoms with van der Waals surface area (Å²) in [5.41, 5.74) is -0.00599. The number of rotatable bonds is 8. The molecule has 1 aromatic carbocycles. The lowest BCUT2D eigenvalue weighted by Gasteiger charge is -2.52. The SMILES string of the molecule is CC(C)CS(=O)(=O)N1CC(C)(C)CC2(CCN(CC(=O)Nc3ccccc3OC(F)F)CC2)C1. The van der Waals surface area contributed by atoms with Crippen molar-refractivity contribution in [3.63, 3.8) is 0 Å². The first kappa shape index (κ1) is 26.8. The fourth-order valence-corrected chi connectivity index (χ4v) is 7.51. The van der Waals surface area contributed by atoms with Gasteiger partial charge in [0.1, 0.15) is 5.75 Å². The van der Waals surface area contributed by atoms with E-state index in [1.807, 2.05) is 18.7 Å². The zero-order chi connectivity index (χ0) is 25.1. The number of hydrogen-bond donors (Lipinski definition) is 1. The number of ether oxygens (including phenoxy) is 1. The highest BCUT2D eigenvalue weighted by atomic mass is 32.2. The van der Waals surface area contributed by atoms with Crippen molar-refractivity contribution in [1.29, 1.82) is 0 Å². The van der Waals surface area contributed by atoms with Gasteiger partial charge < -0.3 is 10.1 Å². The van der Waals surface area contributed by atoms with Gasteiger partial charge in [0.15, 0.2) is 0 Å². The molecule has 0 radical (unpaired) electrons. The van der Waals surface area contributed by atoms with Crippen LogP contribution in [0.3, 0.4) is 0 Å². The summed E-state index contributed by atoms with van der Waals surface area (Å²) in [5.74, 6) is -0.146. The van der Waals surface area contributed by atoms with Crippen molar-refractivity contribution >= 4 is 21.6 Å². The summed E-state index contributed by atoms with van der Waals surface area (Å²) in [4.78, 5) is 14.6. The molecule has 2 aliphatic heterocycles. The van der Waals surface area contributed by atoms with Crippen molar-refractivity contribution in [2.24, 2.45) is 16.7 Å². The minimum absolute atomic E-state index is 0.0718. The number of amides is 1. The Morgan fingerprint density at radius 2 is 1.79 bits per heavy atom. The number of benzene rings is 1. The third kappa shape index (κ3) is 7.11. The van der Waals surface area contributed by atoms with Crippen LogP contribution in [0.15, 0.2) is 24.3 Å². The van der Waals surface area contributed by atoms with Crippen LogP contribution in [0.25, 0.3) is 0 Å². The van der Waals surface area contributed by atoms with Gasteiger partial charge in [0.25, 0.3) is 0 Å². The average molecular weight is 502 g/mol. The second kappa shape index (κ2) is 10.5. The van der Waals surface area contributed by atoms with Gasteiger partial charge in [-0.3, -0.25) is 9.69 Å². The van der Waals surface area contributed by atoms with E-state index in [2.05, 4.69) is 23.9 Å². The average Bonchev–Trinajstić information content (AvgIpc) is 2.69. The van der Waals surface area contributed by atoms with Crippen molar-refractivity contribution < 1.29 is 26.7 Å². The second-order valence-corrected chi connectivity index (χ2v) is 13.0. The lowest BCUT2D eigenvalue weighted by molar-refractivity contribution is -0.118. The molecule has 0 saturated carbocycles. The van der Waals surface area contributed by atoms with E-state index in [0.29, 0.717) is 26.2 Å². The number of carbonyl (C=O) groups excluding carboxylic acids is 1. The predicted molar refractivity (Wildman–Crippen MR) is 128 cm³/mol. The zero-order valence-electron chi connectivity index (χ0n) is 20.5. The molecule has 10 heteroatoms. The van der Waals surface area contributed by atoms with Gasteiger partial charge in [0.2, 0.25) is 15.9 Å². The maximum atomic E-state index is 13.0. The molecule has 1 amide bonds. The van der Waals surface area contributed by atoms with Crippen LogP contribution in [0.4, 0.5) is 14.5 Å². The van der Waals surface area contributed by atoms with Crippen LogP contribution in [0.2, 0.25) is 0 Å². The zero-order valence-corrected chi connectivity index (χ0v) is 21.3. The summed E-state index contributed by atoms with van der Waals surface area (Å²) in [6.07, 6.45) is 2.57. The van der Waals surface area contributed by atoms with Gasteiger partial charge >= 0.3 is 6.61 Å². The molecule has 2 fully saturated rings. The number of alkyl halides is 2. The third-order valence-electron chi connectivity index (χ3n) is 6.57. The number of sulfonamides is 1. The molecule has 0 aromatic heterocycles. The third-order valence-corrected chi connectivity index (χ3v) is 8.70. The Hall–Kier alpha value is -1.78. The minimum atomic E-state index is -3.32. The fourth-order valence-electron chi connectivity index (χ4n) is 5.44. The number of nitrogens with zero attached hydrogens (tertiary/aromatic N) is 2. The highest BCUT2D eigenvalue weighted by molar-refractivity contribution is 7.89. The van der Waals surface area contributed by atoms with E-state index in [9.17, 15) is 22.0 Å². The Bertz CT molecular complexity index is 961. The van der Waals surface area contributed by atoms with Gasteiger partial charge in [-0.15, -0.1) is 0 Å². The summed E-state index contributed by atoms with van der Waals surface area (Å²) in [5, 5.41) is 2.67. The molecule has 3 rings (SSSR count). The smallest absolute Gasteiger partial charge is 0.387 e. The molecule has 7 nitrogen and oxygen atoms in total. The Morgan fingerprint density at radius 1 is 1.15 bits per heavy atom. The molecule has 1 N–H and O–H groups in total. The van der Waals surface area contributed by atoms with E-state index in [0.717, 1.165) is 19.3 Å². The van der Waals surface area contributed by atoms with Crippen LogP contribution >= 0.6 is 0 Å². The first-order valence-corrected chi connectivity index (χ1v) is 13.4. The van der Waals surface area contributed by atoms with Crippen LogP contribution in [-0.4, -0.2) is 68.6 Å². The summed E-state index contributed by atoms with van der Waals surface area (Å²) >= 11 is 0. The number of anilines is 1. The molecular weight excluding hydrogens is 464 g/mol. The van der Waals surface area contributed by atoms with Gasteiger partial charge in [-0.25, -0.2) is 12.7 Å². The number of halogens is 2. The molecule has 0 bridgehead atoms. The maximum absolute atomic E-state index is 13.0. The highest BCUT2D eigenvalue weighted by Gasteiger charge is 2.47. The molecule has 0 atom stereocenters. The number of piperidine rings is 2. The van der Waals surface area contributed by atoms with Crippen LogP contribution in [-0.2, 0) is 14.8 Å². The number of para-hydroxylation sites is 2. The minimum Gasteiger partial charge on any atom is -0.433 e. The monoisotopic (exact) mass is 501 g/mol. The molecule has 2 saturated heterocycles. The van der Waals surface area contributed by atoms with Crippen molar-refractivity contribution in [3.8, 4) is 5.75 Å². The fraction of sp³-hybridized carbons (Fsp3) is 0.708. The van der Waals surface area contributed by atoms with E-state index in [1.165, 1.54) is 12.1 Å². The van der Waals surface area contributed by atoms with E-state index in [-0.39, 0.29) is 46.4 Å². The Kier molecular flexibility index (Phi) is 8.25. The van der Waals surface area contributed by atoms with Crippen molar-refractivity contribution in [3.05, 3.63) is 24.3 Å². The second-order valence-electron chi connectivity index (χ2n) is 11.0. The molecule has 1 spiro atoms. The number of nitrogens with one attached hydrogen (secondary N) is 1. The quantitative estimate of drug-likeness (QED) is 0.582. The Balaban J connectivity index is 1.60. The number of hydrogen-bond acceptors (Lipinski definition) is 5. The maximum Gasteiger partial charge on any atom is 0.387 e. The lowest BCUT2D eigenvalue weighted by atomic mass is 9.65.